The molecule has 0 radical (unpaired) electrons. The Morgan fingerprint density at radius 1 is 1.09 bits per heavy atom. The molecule has 33 heavy (non-hydrogen) atoms. The number of nitrogens with zero attached hydrogens (tertiary/aromatic N) is 4. The molecule has 1 unspecified atom stereocenters. The van der Waals surface area contributed by atoms with Crippen LogP contribution in [0, 0.1) is 30.2 Å². The minimum absolute atomic E-state index is 0.0148. The summed E-state index contributed by atoms with van der Waals surface area (Å²) < 4.78 is 76.0. The van der Waals surface area contributed by atoms with Crippen LogP contribution in [0.3, 0.4) is 0 Å². The number of imidazole rings is 1. The Hall–Kier alpha value is -3.35. The number of carbonyl (C=O) groups is 1. The Morgan fingerprint density at radius 3 is 2.45 bits per heavy atom. The van der Waals surface area contributed by atoms with Crippen molar-refractivity contribution in [3.05, 3.63) is 69.7 Å². The molecule has 2 aromatic heterocycles. The van der Waals surface area contributed by atoms with E-state index in [0.29, 0.717) is 5.69 Å². The number of aromatic nitrogens is 3. The van der Waals surface area contributed by atoms with Gasteiger partial charge in [0.05, 0.1) is 23.5 Å². The van der Waals surface area contributed by atoms with Crippen molar-refractivity contribution in [2.75, 3.05) is 13.1 Å². The van der Waals surface area contributed by atoms with E-state index in [-0.39, 0.29) is 24.5 Å². The topological polar surface area (TPSA) is 69.4 Å². The largest absolute Gasteiger partial charge is 0.454 e. The summed E-state index contributed by atoms with van der Waals surface area (Å²) in [4.78, 5) is 29.5. The second kappa shape index (κ2) is 8.54. The summed E-state index contributed by atoms with van der Waals surface area (Å²) in [7, 11) is 0. The number of benzene rings is 1. The first-order chi connectivity index (χ1) is 15.6. The van der Waals surface area contributed by atoms with Crippen LogP contribution in [0.4, 0.5) is 22.0 Å². The predicted octanol–water partition coefficient (Wildman–Crippen LogP) is 3.02. The second-order valence-electron chi connectivity index (χ2n) is 7.20. The molecule has 1 aromatic carbocycles. The number of hydrogen-bond donors (Lipinski definition) is 1. The molecule has 1 amide bonds. The van der Waals surface area contributed by atoms with Crippen molar-refractivity contribution in [3.8, 4) is 11.4 Å². The van der Waals surface area contributed by atoms with E-state index < -0.39 is 58.3 Å². The zero-order valence-corrected chi connectivity index (χ0v) is 17.8. The number of pyridine rings is 1. The average molecular weight is 486 g/mol. The molecule has 0 saturated carbocycles. The number of fused-ring (bicyclic) bond motifs is 1. The molecule has 174 valence electrons. The first-order valence-corrected chi connectivity index (χ1v) is 9.94. The number of rotatable bonds is 5. The lowest BCUT2D eigenvalue weighted by molar-refractivity contribution is 0.0171. The third-order valence-electron chi connectivity index (χ3n) is 5.05. The number of amides is 1. The SMILES string of the molecule is Cc1cn(-c2ccc3n(c2=O)CCN(CC(F)Oc2c(F)c(F)c(F)c(F)c2S)C3=O)cn1. The molecule has 0 saturated heterocycles. The van der Waals surface area contributed by atoms with Crippen LogP contribution in [-0.2, 0) is 6.54 Å². The first-order valence-electron chi connectivity index (χ1n) is 9.49. The van der Waals surface area contributed by atoms with Gasteiger partial charge in [-0.2, -0.15) is 8.78 Å². The van der Waals surface area contributed by atoms with E-state index in [1.807, 2.05) is 0 Å². The Bertz CT molecular complexity index is 1300. The summed E-state index contributed by atoms with van der Waals surface area (Å²) in [6.07, 6.45) is 0.670. The van der Waals surface area contributed by atoms with Gasteiger partial charge < -0.3 is 18.8 Å². The molecule has 0 aliphatic carbocycles. The van der Waals surface area contributed by atoms with Gasteiger partial charge in [0.2, 0.25) is 11.6 Å². The van der Waals surface area contributed by atoms with Gasteiger partial charge in [-0.1, -0.05) is 0 Å². The van der Waals surface area contributed by atoms with E-state index in [1.54, 1.807) is 13.1 Å². The maximum Gasteiger partial charge on any atom is 0.275 e. The molecule has 3 heterocycles. The Morgan fingerprint density at radius 2 is 1.79 bits per heavy atom. The fourth-order valence-electron chi connectivity index (χ4n) is 3.43. The number of halogens is 5. The molecule has 1 aliphatic heterocycles. The van der Waals surface area contributed by atoms with Crippen molar-refractivity contribution in [2.24, 2.45) is 0 Å². The van der Waals surface area contributed by atoms with Crippen molar-refractivity contribution in [1.82, 2.24) is 19.0 Å². The zero-order chi connectivity index (χ0) is 24.0. The fourth-order valence-corrected chi connectivity index (χ4v) is 3.68. The number of carbonyl (C=O) groups excluding carboxylic acids is 1. The zero-order valence-electron chi connectivity index (χ0n) is 16.9. The molecule has 0 N–H and O–H groups in total. The van der Waals surface area contributed by atoms with Gasteiger partial charge in [0.15, 0.2) is 17.4 Å². The molecule has 3 aromatic rings. The molecule has 0 fully saturated rings. The van der Waals surface area contributed by atoms with Crippen molar-refractivity contribution >= 4 is 18.5 Å². The van der Waals surface area contributed by atoms with Crippen LogP contribution in [0.15, 0.2) is 34.3 Å². The van der Waals surface area contributed by atoms with E-state index in [4.69, 9.17) is 0 Å². The van der Waals surface area contributed by atoms with Crippen LogP contribution in [0.25, 0.3) is 5.69 Å². The summed E-state index contributed by atoms with van der Waals surface area (Å²) in [5.74, 6) is -10.1. The van der Waals surface area contributed by atoms with Crippen LogP contribution in [-0.4, -0.2) is 44.4 Å². The van der Waals surface area contributed by atoms with Crippen LogP contribution >= 0.6 is 12.6 Å². The number of aryl methyl sites for hydroxylation is 1. The van der Waals surface area contributed by atoms with Gasteiger partial charge in [-0.3, -0.25) is 9.59 Å². The van der Waals surface area contributed by atoms with E-state index in [1.165, 1.54) is 27.6 Å². The van der Waals surface area contributed by atoms with Crippen LogP contribution in [0.5, 0.6) is 5.75 Å². The number of thiol groups is 1. The number of hydrogen-bond acceptors (Lipinski definition) is 5. The lowest BCUT2D eigenvalue weighted by Crippen LogP contribution is -2.47. The lowest BCUT2D eigenvalue weighted by Gasteiger charge is -2.30. The van der Waals surface area contributed by atoms with Crippen molar-refractivity contribution in [2.45, 2.75) is 24.7 Å². The van der Waals surface area contributed by atoms with E-state index in [2.05, 4.69) is 22.3 Å². The van der Waals surface area contributed by atoms with Crippen LogP contribution in [0.2, 0.25) is 0 Å². The predicted molar refractivity (Wildman–Crippen MR) is 108 cm³/mol. The van der Waals surface area contributed by atoms with Crippen LogP contribution < -0.4 is 10.3 Å². The summed E-state index contributed by atoms with van der Waals surface area (Å²) in [6.45, 7) is 0.938. The fraction of sp³-hybridized carbons (Fsp3) is 0.250. The molecule has 0 spiro atoms. The second-order valence-corrected chi connectivity index (χ2v) is 7.64. The molecule has 1 aliphatic rings. The normalized spacial score (nSPS) is 14.4. The number of ether oxygens (including phenoxy) is 1. The third kappa shape index (κ3) is 3.96. The van der Waals surface area contributed by atoms with Crippen LogP contribution in [0.1, 0.15) is 16.2 Å². The highest BCUT2D eigenvalue weighted by Gasteiger charge is 2.31. The van der Waals surface area contributed by atoms with Gasteiger partial charge in [-0.25, -0.2) is 18.2 Å². The highest BCUT2D eigenvalue weighted by molar-refractivity contribution is 7.80. The standard InChI is InChI=1S/C20H15F5N4O3S/c1-9-6-28(8-26-9)10-2-3-11-19(30)27(4-5-29(11)20(10)31)7-12(21)32-17-15(24)13(22)14(23)16(25)18(17)33/h2-3,6,8,12,33H,4-5,7H2,1H3. The van der Waals surface area contributed by atoms with Gasteiger partial charge in [-0.05, 0) is 19.1 Å². The van der Waals surface area contributed by atoms with E-state index in [9.17, 15) is 31.5 Å². The summed E-state index contributed by atoms with van der Waals surface area (Å²) >= 11 is 3.51. The van der Waals surface area contributed by atoms with Gasteiger partial charge in [-0.15, -0.1) is 12.6 Å². The molecule has 7 nitrogen and oxygen atoms in total. The minimum atomic E-state index is -2.43. The van der Waals surface area contributed by atoms with Gasteiger partial charge in [0.1, 0.15) is 11.4 Å². The highest BCUT2D eigenvalue weighted by Crippen LogP contribution is 2.34. The summed E-state index contributed by atoms with van der Waals surface area (Å²) in [5, 5.41) is 0. The minimum Gasteiger partial charge on any atom is -0.454 e. The van der Waals surface area contributed by atoms with Crippen molar-refractivity contribution in [1.29, 1.82) is 0 Å². The summed E-state index contributed by atoms with van der Waals surface area (Å²) in [6, 6.07) is 2.82. The van der Waals surface area contributed by atoms with E-state index >= 15 is 0 Å². The molecular formula is C20H15F5N4O3S. The quantitative estimate of drug-likeness (QED) is 0.261. The Kier molecular flexibility index (Phi) is 5.91. The molecule has 0 bridgehead atoms. The van der Waals surface area contributed by atoms with Crippen molar-refractivity contribution < 1.29 is 31.5 Å². The lowest BCUT2D eigenvalue weighted by atomic mass is 10.2. The van der Waals surface area contributed by atoms with Gasteiger partial charge in [0.25, 0.3) is 17.8 Å². The molecule has 4 rings (SSSR count). The summed E-state index contributed by atoms with van der Waals surface area (Å²) in [5.41, 5.74) is 0.489. The number of alkyl halides is 1. The van der Waals surface area contributed by atoms with E-state index in [0.717, 1.165) is 4.90 Å². The highest BCUT2D eigenvalue weighted by atomic mass is 32.1. The Balaban J connectivity index is 1.54. The third-order valence-corrected chi connectivity index (χ3v) is 5.45. The smallest absolute Gasteiger partial charge is 0.275 e. The average Bonchev–Trinajstić information content (AvgIpc) is 3.22. The maximum atomic E-state index is 14.5. The maximum absolute atomic E-state index is 14.5. The van der Waals surface area contributed by atoms with Crippen molar-refractivity contribution in [3.63, 3.8) is 0 Å². The first kappa shape index (κ1) is 22.8. The monoisotopic (exact) mass is 486 g/mol. The molecule has 13 heteroatoms. The molecular weight excluding hydrogens is 471 g/mol. The van der Waals surface area contributed by atoms with Gasteiger partial charge >= 0.3 is 0 Å². The van der Waals surface area contributed by atoms with Gasteiger partial charge in [0, 0.05) is 19.3 Å². The molecule has 1 atom stereocenters. The Labute approximate surface area is 188 Å².